The highest BCUT2D eigenvalue weighted by atomic mass is 32.1. The van der Waals surface area contributed by atoms with Crippen molar-refractivity contribution in [3.05, 3.63) is 58.9 Å². The summed E-state index contributed by atoms with van der Waals surface area (Å²) in [5.41, 5.74) is 0.606. The van der Waals surface area contributed by atoms with E-state index in [1.54, 1.807) is 13.0 Å². The maximum atomic E-state index is 12.9. The van der Waals surface area contributed by atoms with Gasteiger partial charge >= 0.3 is 0 Å². The Kier molecular flexibility index (Phi) is 4.51. The first kappa shape index (κ1) is 16.8. The number of hydrogen-bond donors (Lipinski definition) is 0. The fraction of sp³-hybridized carbons (Fsp3) is 0.300. The summed E-state index contributed by atoms with van der Waals surface area (Å²) in [7, 11) is 0. The van der Waals surface area contributed by atoms with Gasteiger partial charge in [0.1, 0.15) is 5.76 Å². The lowest BCUT2D eigenvalue weighted by atomic mass is 10.2. The third kappa shape index (κ3) is 3.12. The molecule has 0 aliphatic carbocycles. The highest BCUT2D eigenvalue weighted by Gasteiger charge is 2.25. The molecule has 0 spiro atoms. The van der Waals surface area contributed by atoms with E-state index in [4.69, 9.17) is 4.42 Å². The minimum atomic E-state index is -0.0209. The lowest BCUT2D eigenvalue weighted by Gasteiger charge is -2.21. The van der Waals surface area contributed by atoms with Crippen LogP contribution < -0.4 is 0 Å². The van der Waals surface area contributed by atoms with Gasteiger partial charge in [-0.25, -0.2) is 0 Å². The average molecular weight is 368 g/mol. The van der Waals surface area contributed by atoms with Gasteiger partial charge in [-0.05, 0) is 36.9 Å². The molecule has 3 aromatic rings. The van der Waals surface area contributed by atoms with Crippen LogP contribution in [0.3, 0.4) is 0 Å². The Labute approximate surface area is 155 Å². The first-order valence-corrected chi connectivity index (χ1v) is 9.56. The zero-order chi connectivity index (χ0) is 18.1. The van der Waals surface area contributed by atoms with Crippen LogP contribution in [0.2, 0.25) is 0 Å². The number of carbonyl (C=O) groups is 2. The Bertz CT molecular complexity index is 926. The van der Waals surface area contributed by atoms with Crippen LogP contribution in [0.1, 0.15) is 32.2 Å². The van der Waals surface area contributed by atoms with Crippen LogP contribution in [-0.4, -0.2) is 47.8 Å². The van der Waals surface area contributed by atoms with E-state index in [9.17, 15) is 9.59 Å². The number of hydrogen-bond acceptors (Lipinski definition) is 4. The molecule has 1 saturated heterocycles. The van der Waals surface area contributed by atoms with Crippen LogP contribution in [0.25, 0.3) is 10.1 Å². The van der Waals surface area contributed by atoms with Crippen molar-refractivity contribution in [3.63, 3.8) is 0 Å². The molecule has 0 radical (unpaired) electrons. The van der Waals surface area contributed by atoms with E-state index in [0.717, 1.165) is 21.4 Å². The van der Waals surface area contributed by atoms with Gasteiger partial charge in [-0.1, -0.05) is 18.2 Å². The standard InChI is InChI=1S/C20H20N2O3S/c1-14-16(7-12-25-14)19(23)21-8-4-9-22(11-10-21)20(24)18-13-15-5-2-3-6-17(15)26-18/h2-3,5-7,12-13H,4,8-11H2,1H3. The molecule has 0 atom stereocenters. The van der Waals surface area contributed by atoms with E-state index < -0.39 is 0 Å². The highest BCUT2D eigenvalue weighted by molar-refractivity contribution is 7.20. The molecule has 0 unspecified atom stereocenters. The molecular formula is C20H20N2O3S. The Hall–Kier alpha value is -2.60. The van der Waals surface area contributed by atoms with Crippen LogP contribution in [0.5, 0.6) is 0 Å². The average Bonchev–Trinajstić information content (AvgIpc) is 3.19. The first-order valence-electron chi connectivity index (χ1n) is 8.75. The number of furan rings is 1. The predicted octanol–water partition coefficient (Wildman–Crippen LogP) is 3.79. The molecule has 1 aromatic carbocycles. The third-order valence-corrected chi connectivity index (χ3v) is 5.90. The molecule has 2 amide bonds. The molecular weight excluding hydrogens is 348 g/mol. The zero-order valence-electron chi connectivity index (χ0n) is 14.6. The lowest BCUT2D eigenvalue weighted by molar-refractivity contribution is 0.0720. The Morgan fingerprint density at radius 2 is 1.73 bits per heavy atom. The number of nitrogens with zero attached hydrogens (tertiary/aromatic N) is 2. The van der Waals surface area contributed by atoms with Crippen LogP contribution in [0.4, 0.5) is 0 Å². The second-order valence-electron chi connectivity index (χ2n) is 6.48. The van der Waals surface area contributed by atoms with Crippen LogP contribution in [-0.2, 0) is 0 Å². The number of fused-ring (bicyclic) bond motifs is 1. The normalized spacial score (nSPS) is 15.3. The van der Waals surface area contributed by atoms with Gasteiger partial charge in [0.25, 0.3) is 11.8 Å². The van der Waals surface area contributed by atoms with Gasteiger partial charge in [-0.15, -0.1) is 11.3 Å². The quantitative estimate of drug-likeness (QED) is 0.691. The van der Waals surface area contributed by atoms with Gasteiger partial charge in [-0.3, -0.25) is 9.59 Å². The lowest BCUT2D eigenvalue weighted by Crippen LogP contribution is -2.37. The predicted molar refractivity (Wildman–Crippen MR) is 102 cm³/mol. The van der Waals surface area contributed by atoms with Crippen LogP contribution in [0.15, 0.2) is 47.1 Å². The van der Waals surface area contributed by atoms with Crippen molar-refractivity contribution >= 4 is 33.2 Å². The van der Waals surface area contributed by atoms with Crippen LogP contribution >= 0.6 is 11.3 Å². The molecule has 4 rings (SSSR count). The molecule has 5 nitrogen and oxygen atoms in total. The summed E-state index contributed by atoms with van der Waals surface area (Å²) in [6.07, 6.45) is 2.32. The molecule has 0 saturated carbocycles. The van der Waals surface area contributed by atoms with Crippen molar-refractivity contribution in [2.75, 3.05) is 26.2 Å². The second kappa shape index (κ2) is 6.96. The highest BCUT2D eigenvalue weighted by Crippen LogP contribution is 2.26. The third-order valence-electron chi connectivity index (χ3n) is 4.80. The molecule has 2 aromatic heterocycles. The Morgan fingerprint density at radius 1 is 1.00 bits per heavy atom. The summed E-state index contributed by atoms with van der Waals surface area (Å²) in [5, 5.41) is 1.10. The first-order chi connectivity index (χ1) is 12.6. The van der Waals surface area contributed by atoms with Crippen molar-refractivity contribution in [1.82, 2.24) is 9.80 Å². The van der Waals surface area contributed by atoms with Gasteiger partial charge < -0.3 is 14.2 Å². The Balaban J connectivity index is 1.47. The van der Waals surface area contributed by atoms with Gasteiger partial charge in [0.15, 0.2) is 0 Å². The summed E-state index contributed by atoms with van der Waals surface area (Å²) in [5.74, 6) is 0.671. The summed E-state index contributed by atoms with van der Waals surface area (Å²) in [6, 6.07) is 11.7. The van der Waals surface area contributed by atoms with Gasteiger partial charge in [0.05, 0.1) is 16.7 Å². The Morgan fingerprint density at radius 3 is 2.42 bits per heavy atom. The second-order valence-corrected chi connectivity index (χ2v) is 7.56. The van der Waals surface area contributed by atoms with E-state index in [-0.39, 0.29) is 11.8 Å². The molecule has 1 aliphatic heterocycles. The van der Waals surface area contributed by atoms with E-state index in [1.165, 1.54) is 17.6 Å². The molecule has 6 heteroatoms. The molecule has 0 bridgehead atoms. The number of thiophene rings is 1. The number of benzene rings is 1. The summed E-state index contributed by atoms with van der Waals surface area (Å²) in [6.45, 7) is 4.21. The van der Waals surface area contributed by atoms with Crippen molar-refractivity contribution < 1.29 is 14.0 Å². The van der Waals surface area contributed by atoms with Crippen molar-refractivity contribution in [2.24, 2.45) is 0 Å². The SMILES string of the molecule is Cc1occc1C(=O)N1CCCN(C(=O)c2cc3ccccc3s2)CC1. The molecule has 3 heterocycles. The summed E-state index contributed by atoms with van der Waals surface area (Å²) >= 11 is 1.53. The fourth-order valence-electron chi connectivity index (χ4n) is 3.34. The van der Waals surface area contributed by atoms with Gasteiger partial charge in [0.2, 0.25) is 0 Å². The minimum absolute atomic E-state index is 0.0209. The number of carbonyl (C=O) groups excluding carboxylic acids is 2. The summed E-state index contributed by atoms with van der Waals surface area (Å²) < 4.78 is 6.37. The largest absolute Gasteiger partial charge is 0.469 e. The monoisotopic (exact) mass is 368 g/mol. The zero-order valence-corrected chi connectivity index (χ0v) is 15.4. The van der Waals surface area contributed by atoms with Crippen molar-refractivity contribution in [3.8, 4) is 0 Å². The number of aryl methyl sites for hydroxylation is 1. The minimum Gasteiger partial charge on any atom is -0.469 e. The number of rotatable bonds is 2. The molecule has 26 heavy (non-hydrogen) atoms. The molecule has 0 N–H and O–H groups in total. The van der Waals surface area contributed by atoms with Gasteiger partial charge in [0, 0.05) is 30.9 Å². The molecule has 1 aliphatic rings. The van der Waals surface area contributed by atoms with Crippen molar-refractivity contribution in [1.29, 1.82) is 0 Å². The van der Waals surface area contributed by atoms with E-state index >= 15 is 0 Å². The number of amides is 2. The topological polar surface area (TPSA) is 53.8 Å². The maximum Gasteiger partial charge on any atom is 0.264 e. The van der Waals surface area contributed by atoms with Crippen molar-refractivity contribution in [2.45, 2.75) is 13.3 Å². The molecule has 134 valence electrons. The smallest absolute Gasteiger partial charge is 0.264 e. The fourth-order valence-corrected chi connectivity index (χ4v) is 4.37. The van der Waals surface area contributed by atoms with Gasteiger partial charge in [-0.2, -0.15) is 0 Å². The molecule has 1 fully saturated rings. The summed E-state index contributed by atoms with van der Waals surface area (Å²) in [4.78, 5) is 30.0. The van der Waals surface area contributed by atoms with E-state index in [2.05, 4.69) is 0 Å². The van der Waals surface area contributed by atoms with Crippen LogP contribution in [0, 0.1) is 6.92 Å². The van der Waals surface area contributed by atoms with E-state index in [1.807, 2.05) is 40.1 Å². The van der Waals surface area contributed by atoms with E-state index in [0.29, 0.717) is 37.5 Å². The maximum absolute atomic E-state index is 12.9.